The zero-order chi connectivity index (χ0) is 22.5. The van der Waals surface area contributed by atoms with Crippen molar-refractivity contribution < 1.29 is 19.2 Å². The molecule has 7 nitrogen and oxygen atoms in total. The van der Waals surface area contributed by atoms with Crippen LogP contribution in [0, 0.1) is 0 Å². The van der Waals surface area contributed by atoms with E-state index in [9.17, 15) is 19.2 Å². The molecule has 3 aromatic rings. The monoisotopic (exact) mass is 447 g/mol. The minimum Gasteiger partial charge on any atom is -0.343 e. The van der Waals surface area contributed by atoms with E-state index in [-0.39, 0.29) is 18.2 Å². The number of amides is 3. The Kier molecular flexibility index (Phi) is 6.42. The Bertz CT molecular complexity index is 1170. The first-order chi connectivity index (χ1) is 15.5. The normalized spacial score (nSPS) is 13.1. The minimum absolute atomic E-state index is 0.0484. The molecule has 0 saturated carbocycles. The summed E-state index contributed by atoms with van der Waals surface area (Å²) < 4.78 is 0. The first-order valence-corrected chi connectivity index (χ1v) is 11.0. The van der Waals surface area contributed by atoms with E-state index in [1.165, 1.54) is 11.3 Å². The van der Waals surface area contributed by atoms with Crippen LogP contribution in [0.1, 0.15) is 33.0 Å². The molecule has 0 spiro atoms. The van der Waals surface area contributed by atoms with Crippen molar-refractivity contribution in [1.82, 2.24) is 5.32 Å². The van der Waals surface area contributed by atoms with E-state index in [4.69, 9.17) is 0 Å². The summed E-state index contributed by atoms with van der Waals surface area (Å²) in [4.78, 5) is 51.9. The van der Waals surface area contributed by atoms with E-state index in [0.717, 1.165) is 11.3 Å². The number of rotatable bonds is 6. The molecule has 1 aliphatic heterocycles. The topological polar surface area (TPSA) is 95.6 Å². The third-order valence-corrected chi connectivity index (χ3v) is 6.12. The number of ketones is 1. The van der Waals surface area contributed by atoms with Crippen molar-refractivity contribution >= 4 is 46.2 Å². The van der Waals surface area contributed by atoms with Gasteiger partial charge in [0.25, 0.3) is 0 Å². The summed E-state index contributed by atoms with van der Waals surface area (Å²) in [5.41, 5.74) is 1.73. The third-order valence-electron chi connectivity index (χ3n) is 5.04. The summed E-state index contributed by atoms with van der Waals surface area (Å²) >= 11 is 1.28. The van der Waals surface area contributed by atoms with Crippen LogP contribution in [0.25, 0.3) is 0 Å². The van der Waals surface area contributed by atoms with Gasteiger partial charge in [0.1, 0.15) is 0 Å². The highest BCUT2D eigenvalue weighted by molar-refractivity contribution is 7.14. The predicted octanol–water partition coefficient (Wildman–Crippen LogP) is 3.36. The van der Waals surface area contributed by atoms with Crippen LogP contribution in [0.5, 0.6) is 0 Å². The summed E-state index contributed by atoms with van der Waals surface area (Å²) in [6.07, 6.45) is 1.32. The number of thiophene rings is 1. The molecule has 0 aliphatic carbocycles. The van der Waals surface area contributed by atoms with Gasteiger partial charge in [0, 0.05) is 34.8 Å². The number of anilines is 2. The van der Waals surface area contributed by atoms with Gasteiger partial charge in [0.15, 0.2) is 0 Å². The second-order valence-corrected chi connectivity index (χ2v) is 8.47. The molecular weight excluding hydrogens is 426 g/mol. The maximum absolute atomic E-state index is 12.5. The number of nitrogens with zero attached hydrogens (tertiary/aromatic N) is 1. The van der Waals surface area contributed by atoms with E-state index in [1.807, 2.05) is 6.07 Å². The van der Waals surface area contributed by atoms with Crippen LogP contribution >= 0.6 is 11.3 Å². The van der Waals surface area contributed by atoms with Crippen molar-refractivity contribution in [1.29, 1.82) is 0 Å². The van der Waals surface area contributed by atoms with E-state index in [0.29, 0.717) is 34.8 Å². The smallest absolute Gasteiger partial charge is 0.313 e. The van der Waals surface area contributed by atoms with Gasteiger partial charge in [-0.2, -0.15) is 0 Å². The van der Waals surface area contributed by atoms with Crippen LogP contribution in [-0.4, -0.2) is 30.0 Å². The van der Waals surface area contributed by atoms with Gasteiger partial charge in [-0.1, -0.05) is 36.4 Å². The molecule has 0 bridgehead atoms. The van der Waals surface area contributed by atoms with Crippen LogP contribution in [0.15, 0.2) is 66.7 Å². The first-order valence-electron chi connectivity index (χ1n) is 10.2. The van der Waals surface area contributed by atoms with Crippen LogP contribution in [0.3, 0.4) is 0 Å². The quantitative estimate of drug-likeness (QED) is 0.447. The fraction of sp³-hybridized carbons (Fsp3) is 0.167. The molecule has 1 aliphatic rings. The van der Waals surface area contributed by atoms with Crippen LogP contribution in [0.2, 0.25) is 0 Å². The van der Waals surface area contributed by atoms with Gasteiger partial charge < -0.3 is 15.5 Å². The Balaban J connectivity index is 1.32. The zero-order valence-electron chi connectivity index (χ0n) is 17.2. The number of carbonyl (C=O) groups excluding carboxylic acids is 4. The van der Waals surface area contributed by atoms with Gasteiger partial charge >= 0.3 is 11.8 Å². The molecule has 0 atom stereocenters. The summed E-state index contributed by atoms with van der Waals surface area (Å²) in [7, 11) is 0. The number of carbonyl (C=O) groups is 4. The Morgan fingerprint density at radius 2 is 1.75 bits per heavy atom. The van der Waals surface area contributed by atoms with E-state index in [2.05, 4.69) is 10.6 Å². The SMILES string of the molecule is O=C(NCc1ccc(C(=O)c2ccccc2)s1)C(=O)Nc1cccc(N2CCCC2=O)c1. The lowest BCUT2D eigenvalue weighted by Crippen LogP contribution is -2.34. The summed E-state index contributed by atoms with van der Waals surface area (Å²) in [6.45, 7) is 0.785. The van der Waals surface area contributed by atoms with Crippen LogP contribution < -0.4 is 15.5 Å². The molecule has 2 aromatic carbocycles. The standard InChI is InChI=1S/C24H21N3O4S/c28-21-10-5-13-27(21)18-9-4-8-17(14-18)26-24(31)23(30)25-15-19-11-12-20(32-19)22(29)16-6-2-1-3-7-16/h1-4,6-9,11-12,14H,5,10,13,15H2,(H,25,30)(H,26,31). The van der Waals surface area contributed by atoms with Crippen molar-refractivity contribution in [3.8, 4) is 0 Å². The lowest BCUT2D eigenvalue weighted by atomic mass is 10.1. The van der Waals surface area contributed by atoms with Gasteiger partial charge in [0.05, 0.1) is 11.4 Å². The average Bonchev–Trinajstić information content (AvgIpc) is 3.46. The molecule has 1 saturated heterocycles. The summed E-state index contributed by atoms with van der Waals surface area (Å²) in [6, 6.07) is 19.3. The number of nitrogens with one attached hydrogen (secondary N) is 2. The van der Waals surface area contributed by atoms with Crippen molar-refractivity contribution in [2.45, 2.75) is 19.4 Å². The Hall–Kier alpha value is -3.78. The average molecular weight is 448 g/mol. The maximum atomic E-state index is 12.5. The van der Waals surface area contributed by atoms with Gasteiger partial charge in [0.2, 0.25) is 11.7 Å². The fourth-order valence-corrected chi connectivity index (χ4v) is 4.34. The maximum Gasteiger partial charge on any atom is 0.313 e. The van der Waals surface area contributed by atoms with E-state index in [1.54, 1.807) is 65.6 Å². The zero-order valence-corrected chi connectivity index (χ0v) is 18.0. The molecule has 8 heteroatoms. The molecule has 1 aromatic heterocycles. The Morgan fingerprint density at radius 3 is 2.50 bits per heavy atom. The lowest BCUT2D eigenvalue weighted by Gasteiger charge is -2.16. The molecule has 1 fully saturated rings. The molecule has 2 heterocycles. The van der Waals surface area contributed by atoms with Crippen LogP contribution in [-0.2, 0) is 20.9 Å². The summed E-state index contributed by atoms with van der Waals surface area (Å²) in [5, 5.41) is 5.13. The van der Waals surface area contributed by atoms with Gasteiger partial charge in [-0.15, -0.1) is 11.3 Å². The van der Waals surface area contributed by atoms with Gasteiger partial charge in [-0.25, -0.2) is 0 Å². The number of hydrogen-bond donors (Lipinski definition) is 2. The molecule has 0 radical (unpaired) electrons. The first kappa shape index (κ1) is 21.5. The number of hydrogen-bond acceptors (Lipinski definition) is 5. The third kappa shape index (κ3) is 4.92. The Morgan fingerprint density at radius 1 is 0.938 bits per heavy atom. The molecule has 162 valence electrons. The fourth-order valence-electron chi connectivity index (χ4n) is 3.43. The lowest BCUT2D eigenvalue weighted by molar-refractivity contribution is -0.136. The van der Waals surface area contributed by atoms with Gasteiger partial charge in [-0.3, -0.25) is 19.2 Å². The molecular formula is C24H21N3O4S. The van der Waals surface area contributed by atoms with Crippen molar-refractivity contribution in [2.24, 2.45) is 0 Å². The van der Waals surface area contributed by atoms with Crippen molar-refractivity contribution in [2.75, 3.05) is 16.8 Å². The van der Waals surface area contributed by atoms with E-state index >= 15 is 0 Å². The summed E-state index contributed by atoms with van der Waals surface area (Å²) in [5.74, 6) is -1.61. The van der Waals surface area contributed by atoms with Crippen molar-refractivity contribution in [3.05, 3.63) is 82.0 Å². The molecule has 0 unspecified atom stereocenters. The number of benzene rings is 2. The highest BCUT2D eigenvalue weighted by Crippen LogP contribution is 2.24. The van der Waals surface area contributed by atoms with Gasteiger partial charge in [-0.05, 0) is 36.8 Å². The van der Waals surface area contributed by atoms with Crippen LogP contribution in [0.4, 0.5) is 11.4 Å². The molecule has 2 N–H and O–H groups in total. The highest BCUT2D eigenvalue weighted by atomic mass is 32.1. The van der Waals surface area contributed by atoms with Crippen molar-refractivity contribution in [3.63, 3.8) is 0 Å². The predicted molar refractivity (Wildman–Crippen MR) is 123 cm³/mol. The highest BCUT2D eigenvalue weighted by Gasteiger charge is 2.22. The second kappa shape index (κ2) is 9.57. The molecule has 3 amide bonds. The van der Waals surface area contributed by atoms with E-state index < -0.39 is 11.8 Å². The largest absolute Gasteiger partial charge is 0.343 e. The second-order valence-electron chi connectivity index (χ2n) is 7.30. The molecule has 32 heavy (non-hydrogen) atoms. The Labute approximate surface area is 189 Å². The minimum atomic E-state index is -0.799. The molecule has 4 rings (SSSR count).